The molecule has 1 aromatic carbocycles. The van der Waals surface area contributed by atoms with Crippen LogP contribution in [0.25, 0.3) is 10.9 Å². The van der Waals surface area contributed by atoms with Crippen LogP contribution < -0.4 is 10.1 Å². The van der Waals surface area contributed by atoms with Crippen LogP contribution in [0, 0.1) is 12.8 Å². The van der Waals surface area contributed by atoms with Gasteiger partial charge in [-0.25, -0.2) is 0 Å². The molecule has 3 nitrogen and oxygen atoms in total. The van der Waals surface area contributed by atoms with Crippen molar-refractivity contribution in [1.82, 2.24) is 9.88 Å². The van der Waals surface area contributed by atoms with Crippen molar-refractivity contribution in [3.63, 3.8) is 0 Å². The first kappa shape index (κ1) is 15.9. The minimum absolute atomic E-state index is 0.637. The molecular weight excluding hydrogens is 260 g/mol. The molecular formula is C18H28N2O. The predicted octanol–water partition coefficient (Wildman–Crippen LogP) is 4.11. The summed E-state index contributed by atoms with van der Waals surface area (Å²) in [7, 11) is 2.00. The molecule has 1 heterocycles. The first-order valence-corrected chi connectivity index (χ1v) is 7.97. The zero-order chi connectivity index (χ0) is 15.4. The maximum Gasteiger partial charge on any atom is 0.120 e. The van der Waals surface area contributed by atoms with Gasteiger partial charge in [0, 0.05) is 29.7 Å². The number of fused-ring (bicyclic) bond motifs is 1. The highest BCUT2D eigenvalue weighted by molar-refractivity contribution is 5.87. The SMILES string of the molecule is CCCOc1ccc2c(c1)c(CNC)c(C)n2CC(C)C. The Morgan fingerprint density at radius 1 is 1.29 bits per heavy atom. The monoisotopic (exact) mass is 288 g/mol. The molecule has 0 aliphatic heterocycles. The summed E-state index contributed by atoms with van der Waals surface area (Å²) in [6.07, 6.45) is 1.04. The lowest BCUT2D eigenvalue weighted by Gasteiger charge is -2.11. The van der Waals surface area contributed by atoms with E-state index in [2.05, 4.69) is 55.8 Å². The second-order valence-electron chi connectivity index (χ2n) is 6.13. The number of hydrogen-bond donors (Lipinski definition) is 1. The number of benzene rings is 1. The van der Waals surface area contributed by atoms with E-state index in [1.807, 2.05) is 7.05 Å². The first-order valence-electron chi connectivity index (χ1n) is 7.97. The molecule has 0 atom stereocenters. The largest absolute Gasteiger partial charge is 0.494 e. The lowest BCUT2D eigenvalue weighted by molar-refractivity contribution is 0.318. The Kier molecular flexibility index (Phi) is 5.29. The van der Waals surface area contributed by atoms with Crippen molar-refractivity contribution in [3.8, 4) is 5.75 Å². The van der Waals surface area contributed by atoms with Crippen LogP contribution in [-0.2, 0) is 13.1 Å². The maximum absolute atomic E-state index is 5.80. The van der Waals surface area contributed by atoms with Gasteiger partial charge in [-0.1, -0.05) is 20.8 Å². The van der Waals surface area contributed by atoms with E-state index in [-0.39, 0.29) is 0 Å². The lowest BCUT2D eigenvalue weighted by Crippen LogP contribution is -2.09. The quantitative estimate of drug-likeness (QED) is 0.829. The molecule has 0 fully saturated rings. The Hall–Kier alpha value is -1.48. The van der Waals surface area contributed by atoms with Gasteiger partial charge in [-0.05, 0) is 50.1 Å². The minimum atomic E-state index is 0.637. The third-order valence-corrected chi connectivity index (χ3v) is 3.80. The average molecular weight is 288 g/mol. The third-order valence-electron chi connectivity index (χ3n) is 3.80. The van der Waals surface area contributed by atoms with Crippen LogP contribution in [0.4, 0.5) is 0 Å². The van der Waals surface area contributed by atoms with Gasteiger partial charge in [0.25, 0.3) is 0 Å². The van der Waals surface area contributed by atoms with Crippen molar-refractivity contribution in [2.24, 2.45) is 5.92 Å². The number of ether oxygens (including phenoxy) is 1. The molecule has 116 valence electrons. The van der Waals surface area contributed by atoms with E-state index in [4.69, 9.17) is 4.74 Å². The molecule has 0 saturated carbocycles. The van der Waals surface area contributed by atoms with E-state index in [0.29, 0.717) is 5.92 Å². The van der Waals surface area contributed by atoms with Crippen LogP contribution in [0.5, 0.6) is 5.75 Å². The van der Waals surface area contributed by atoms with E-state index in [1.165, 1.54) is 22.2 Å². The number of rotatable bonds is 7. The van der Waals surface area contributed by atoms with Gasteiger partial charge in [0.15, 0.2) is 0 Å². The van der Waals surface area contributed by atoms with Crippen LogP contribution >= 0.6 is 0 Å². The molecule has 0 bridgehead atoms. The highest BCUT2D eigenvalue weighted by atomic mass is 16.5. The molecule has 2 rings (SSSR count). The standard InChI is InChI=1S/C18H28N2O/c1-6-9-21-15-7-8-18-16(10-15)17(11-19-5)14(4)20(18)12-13(2)3/h7-8,10,13,19H,6,9,11-12H2,1-5H3. The van der Waals surface area contributed by atoms with Gasteiger partial charge < -0.3 is 14.6 Å². The van der Waals surface area contributed by atoms with Gasteiger partial charge in [0.2, 0.25) is 0 Å². The van der Waals surface area contributed by atoms with Gasteiger partial charge in [-0.3, -0.25) is 0 Å². The molecule has 0 saturated heterocycles. The third kappa shape index (κ3) is 3.41. The van der Waals surface area contributed by atoms with Crippen molar-refractivity contribution >= 4 is 10.9 Å². The van der Waals surface area contributed by atoms with Crippen LogP contribution in [0.15, 0.2) is 18.2 Å². The van der Waals surface area contributed by atoms with Crippen molar-refractivity contribution in [2.75, 3.05) is 13.7 Å². The van der Waals surface area contributed by atoms with Crippen LogP contribution in [0.3, 0.4) is 0 Å². The highest BCUT2D eigenvalue weighted by Gasteiger charge is 2.15. The number of aromatic nitrogens is 1. The summed E-state index contributed by atoms with van der Waals surface area (Å²) in [5.41, 5.74) is 4.06. The second kappa shape index (κ2) is 6.99. The summed E-state index contributed by atoms with van der Waals surface area (Å²) < 4.78 is 8.24. The molecule has 0 amide bonds. The van der Waals surface area contributed by atoms with E-state index >= 15 is 0 Å². The fourth-order valence-electron chi connectivity index (χ4n) is 2.84. The topological polar surface area (TPSA) is 26.2 Å². The maximum atomic E-state index is 5.80. The van der Waals surface area contributed by atoms with Crippen molar-refractivity contribution in [3.05, 3.63) is 29.5 Å². The second-order valence-corrected chi connectivity index (χ2v) is 6.13. The van der Waals surface area contributed by atoms with Crippen molar-refractivity contribution in [1.29, 1.82) is 0 Å². The summed E-state index contributed by atoms with van der Waals surface area (Å²) in [6, 6.07) is 6.49. The smallest absolute Gasteiger partial charge is 0.120 e. The van der Waals surface area contributed by atoms with Crippen molar-refractivity contribution in [2.45, 2.75) is 47.2 Å². The Balaban J connectivity index is 2.51. The fourth-order valence-corrected chi connectivity index (χ4v) is 2.84. The highest BCUT2D eigenvalue weighted by Crippen LogP contribution is 2.30. The van der Waals surface area contributed by atoms with Gasteiger partial charge in [-0.2, -0.15) is 0 Å². The summed E-state index contributed by atoms with van der Waals surface area (Å²) in [5, 5.41) is 4.61. The summed E-state index contributed by atoms with van der Waals surface area (Å²) in [6.45, 7) is 11.6. The summed E-state index contributed by atoms with van der Waals surface area (Å²) >= 11 is 0. The predicted molar refractivity (Wildman–Crippen MR) is 90.1 cm³/mol. The van der Waals surface area contributed by atoms with Gasteiger partial charge in [0.05, 0.1) is 6.61 Å². The molecule has 2 aromatic rings. The molecule has 0 radical (unpaired) electrons. The first-order chi connectivity index (χ1) is 10.1. The molecule has 0 aliphatic carbocycles. The Morgan fingerprint density at radius 3 is 2.67 bits per heavy atom. The zero-order valence-electron chi connectivity index (χ0n) is 14.0. The molecule has 21 heavy (non-hydrogen) atoms. The minimum Gasteiger partial charge on any atom is -0.494 e. The number of hydrogen-bond acceptors (Lipinski definition) is 2. The van der Waals surface area contributed by atoms with E-state index in [0.717, 1.165) is 31.9 Å². The van der Waals surface area contributed by atoms with Crippen LogP contribution in [0.2, 0.25) is 0 Å². The molecule has 0 aliphatic rings. The van der Waals surface area contributed by atoms with Gasteiger partial charge in [-0.15, -0.1) is 0 Å². The Bertz CT molecular complexity index is 599. The van der Waals surface area contributed by atoms with Gasteiger partial charge in [0.1, 0.15) is 5.75 Å². The Morgan fingerprint density at radius 2 is 2.05 bits per heavy atom. The Labute approximate surface area is 128 Å². The zero-order valence-corrected chi connectivity index (χ0v) is 14.0. The molecule has 3 heteroatoms. The van der Waals surface area contributed by atoms with Crippen LogP contribution in [0.1, 0.15) is 38.4 Å². The molecule has 0 spiro atoms. The van der Waals surface area contributed by atoms with Crippen LogP contribution in [-0.4, -0.2) is 18.2 Å². The molecule has 0 unspecified atom stereocenters. The summed E-state index contributed by atoms with van der Waals surface area (Å²) in [4.78, 5) is 0. The molecule has 1 N–H and O–H groups in total. The molecule has 1 aromatic heterocycles. The van der Waals surface area contributed by atoms with Gasteiger partial charge >= 0.3 is 0 Å². The van der Waals surface area contributed by atoms with E-state index < -0.39 is 0 Å². The number of nitrogens with one attached hydrogen (secondary N) is 1. The fraction of sp³-hybridized carbons (Fsp3) is 0.556. The number of nitrogens with zero attached hydrogens (tertiary/aromatic N) is 1. The summed E-state index contributed by atoms with van der Waals surface area (Å²) in [5.74, 6) is 1.61. The lowest BCUT2D eigenvalue weighted by atomic mass is 10.1. The normalized spacial score (nSPS) is 11.5. The van der Waals surface area contributed by atoms with E-state index in [9.17, 15) is 0 Å². The van der Waals surface area contributed by atoms with Crippen molar-refractivity contribution < 1.29 is 4.74 Å². The average Bonchev–Trinajstić information content (AvgIpc) is 2.70. The van der Waals surface area contributed by atoms with E-state index in [1.54, 1.807) is 0 Å².